The molecule has 1 amide bonds. The van der Waals surface area contributed by atoms with Crippen molar-refractivity contribution in [1.82, 2.24) is 14.9 Å². The van der Waals surface area contributed by atoms with Gasteiger partial charge in [-0.1, -0.05) is 26.0 Å². The van der Waals surface area contributed by atoms with Crippen molar-refractivity contribution in [3.05, 3.63) is 48.3 Å². The molecule has 6 heteroatoms. The lowest BCUT2D eigenvalue weighted by Gasteiger charge is -2.17. The van der Waals surface area contributed by atoms with E-state index in [9.17, 15) is 4.79 Å². The van der Waals surface area contributed by atoms with Crippen molar-refractivity contribution in [2.75, 3.05) is 19.7 Å². The zero-order valence-electron chi connectivity index (χ0n) is 14.6. The molecule has 1 aromatic carbocycles. The Morgan fingerprint density at radius 3 is 2.64 bits per heavy atom. The second-order valence-electron chi connectivity index (χ2n) is 6.41. The molecule has 1 saturated heterocycles. The largest absolute Gasteiger partial charge is 0.484 e. The first-order valence-electron chi connectivity index (χ1n) is 8.56. The molecule has 1 atom stereocenters. The number of hydrogen-bond donors (Lipinski definition) is 0. The number of ether oxygens (including phenoxy) is 2. The topological polar surface area (TPSA) is 64.5 Å². The SMILES string of the molecule is CC(C)c1ccc(OCC(=O)N2CCC(Oc3ncccn3)C2)cc1. The fourth-order valence-corrected chi connectivity index (χ4v) is 2.73. The maximum Gasteiger partial charge on any atom is 0.316 e. The average molecular weight is 341 g/mol. The Morgan fingerprint density at radius 2 is 1.96 bits per heavy atom. The lowest BCUT2D eigenvalue weighted by molar-refractivity contribution is -0.132. The fourth-order valence-electron chi connectivity index (χ4n) is 2.73. The summed E-state index contributed by atoms with van der Waals surface area (Å²) in [6, 6.07) is 9.97. The highest BCUT2D eigenvalue weighted by atomic mass is 16.5. The van der Waals surface area contributed by atoms with Crippen LogP contribution < -0.4 is 9.47 Å². The highest BCUT2D eigenvalue weighted by Crippen LogP contribution is 2.19. The standard InChI is InChI=1S/C19H23N3O3/c1-14(2)15-4-6-16(7-5-15)24-13-18(23)22-11-8-17(12-22)25-19-20-9-3-10-21-19/h3-7,9-10,14,17H,8,11-13H2,1-2H3. The van der Waals surface area contributed by atoms with Crippen molar-refractivity contribution >= 4 is 5.91 Å². The molecule has 3 rings (SSSR count). The second-order valence-corrected chi connectivity index (χ2v) is 6.41. The first kappa shape index (κ1) is 17.2. The van der Waals surface area contributed by atoms with Crippen molar-refractivity contribution in [3.8, 4) is 11.8 Å². The summed E-state index contributed by atoms with van der Waals surface area (Å²) in [6.45, 7) is 5.52. The predicted octanol–water partition coefficient (Wildman–Crippen LogP) is 2.66. The van der Waals surface area contributed by atoms with Gasteiger partial charge < -0.3 is 14.4 Å². The van der Waals surface area contributed by atoms with Gasteiger partial charge in [-0.15, -0.1) is 0 Å². The molecular formula is C19H23N3O3. The van der Waals surface area contributed by atoms with E-state index in [0.717, 1.165) is 6.42 Å². The van der Waals surface area contributed by atoms with Crippen molar-refractivity contribution < 1.29 is 14.3 Å². The zero-order chi connectivity index (χ0) is 17.6. The van der Waals surface area contributed by atoms with E-state index in [1.807, 2.05) is 24.3 Å². The summed E-state index contributed by atoms with van der Waals surface area (Å²) in [5, 5.41) is 0. The molecule has 0 bridgehead atoms. The van der Waals surface area contributed by atoms with E-state index in [2.05, 4.69) is 23.8 Å². The Morgan fingerprint density at radius 1 is 1.24 bits per heavy atom. The molecule has 132 valence electrons. The van der Waals surface area contributed by atoms with Gasteiger partial charge in [-0.3, -0.25) is 4.79 Å². The predicted molar refractivity (Wildman–Crippen MR) is 93.7 cm³/mol. The Hall–Kier alpha value is -2.63. The maximum atomic E-state index is 12.3. The van der Waals surface area contributed by atoms with E-state index >= 15 is 0 Å². The van der Waals surface area contributed by atoms with Gasteiger partial charge in [0.05, 0.1) is 6.54 Å². The summed E-state index contributed by atoms with van der Waals surface area (Å²) < 4.78 is 11.3. The quantitative estimate of drug-likeness (QED) is 0.808. The molecule has 1 aromatic heterocycles. The fraction of sp³-hybridized carbons (Fsp3) is 0.421. The Labute approximate surface area is 147 Å². The van der Waals surface area contributed by atoms with E-state index < -0.39 is 0 Å². The van der Waals surface area contributed by atoms with Gasteiger partial charge in [0.15, 0.2) is 6.61 Å². The molecule has 2 heterocycles. The first-order valence-corrected chi connectivity index (χ1v) is 8.56. The van der Waals surface area contributed by atoms with Crippen LogP contribution in [-0.4, -0.2) is 46.6 Å². The summed E-state index contributed by atoms with van der Waals surface area (Å²) in [7, 11) is 0. The van der Waals surface area contributed by atoms with E-state index in [1.54, 1.807) is 23.4 Å². The molecule has 1 aliphatic rings. The van der Waals surface area contributed by atoms with E-state index in [1.165, 1.54) is 5.56 Å². The lowest BCUT2D eigenvalue weighted by atomic mass is 10.0. The van der Waals surface area contributed by atoms with E-state index in [4.69, 9.17) is 9.47 Å². The lowest BCUT2D eigenvalue weighted by Crippen LogP contribution is -2.34. The van der Waals surface area contributed by atoms with Gasteiger partial charge in [0, 0.05) is 25.4 Å². The Kier molecular flexibility index (Phi) is 5.48. The van der Waals surface area contributed by atoms with Gasteiger partial charge in [-0.05, 0) is 29.7 Å². The third-order valence-corrected chi connectivity index (χ3v) is 4.22. The van der Waals surface area contributed by atoms with Crippen LogP contribution in [0.25, 0.3) is 0 Å². The van der Waals surface area contributed by atoms with Crippen LogP contribution in [0.1, 0.15) is 31.7 Å². The van der Waals surface area contributed by atoms with Crippen LogP contribution in [0.15, 0.2) is 42.7 Å². The minimum Gasteiger partial charge on any atom is -0.484 e. The number of rotatable bonds is 6. The van der Waals surface area contributed by atoms with Crippen molar-refractivity contribution in [2.24, 2.45) is 0 Å². The monoisotopic (exact) mass is 341 g/mol. The summed E-state index contributed by atoms with van der Waals surface area (Å²) in [4.78, 5) is 22.2. The summed E-state index contributed by atoms with van der Waals surface area (Å²) in [5.41, 5.74) is 1.25. The van der Waals surface area contributed by atoms with Gasteiger partial charge in [0.1, 0.15) is 11.9 Å². The number of nitrogens with zero attached hydrogens (tertiary/aromatic N) is 3. The zero-order valence-corrected chi connectivity index (χ0v) is 14.6. The number of aromatic nitrogens is 2. The molecule has 0 radical (unpaired) electrons. The summed E-state index contributed by atoms with van der Waals surface area (Å²) >= 11 is 0. The van der Waals surface area contributed by atoms with Crippen molar-refractivity contribution in [2.45, 2.75) is 32.3 Å². The van der Waals surface area contributed by atoms with E-state index in [0.29, 0.717) is 30.8 Å². The maximum absolute atomic E-state index is 12.3. The van der Waals surface area contributed by atoms with E-state index in [-0.39, 0.29) is 18.6 Å². The van der Waals surface area contributed by atoms with Crippen LogP contribution in [0.3, 0.4) is 0 Å². The van der Waals surface area contributed by atoms with Crippen LogP contribution in [-0.2, 0) is 4.79 Å². The Bertz CT molecular complexity index is 689. The molecule has 2 aromatic rings. The molecule has 1 fully saturated rings. The van der Waals surface area contributed by atoms with Crippen LogP contribution in [0.5, 0.6) is 11.8 Å². The normalized spacial score (nSPS) is 16.9. The van der Waals surface area contributed by atoms with Gasteiger partial charge in [-0.25, -0.2) is 9.97 Å². The molecule has 0 aliphatic carbocycles. The first-order chi connectivity index (χ1) is 12.1. The van der Waals surface area contributed by atoms with Gasteiger partial charge in [-0.2, -0.15) is 0 Å². The number of carbonyl (C=O) groups excluding carboxylic acids is 1. The molecule has 1 aliphatic heterocycles. The number of likely N-dealkylation sites (tertiary alicyclic amines) is 1. The smallest absolute Gasteiger partial charge is 0.316 e. The van der Waals surface area contributed by atoms with Crippen LogP contribution in [0.2, 0.25) is 0 Å². The molecule has 0 N–H and O–H groups in total. The highest BCUT2D eigenvalue weighted by molar-refractivity contribution is 5.78. The summed E-state index contributed by atoms with van der Waals surface area (Å²) in [5.74, 6) is 1.15. The minimum atomic E-state index is -0.0725. The van der Waals surface area contributed by atoms with Gasteiger partial charge in [0.2, 0.25) is 0 Å². The van der Waals surface area contributed by atoms with Crippen LogP contribution in [0.4, 0.5) is 0 Å². The third-order valence-electron chi connectivity index (χ3n) is 4.22. The molecule has 6 nitrogen and oxygen atoms in total. The molecule has 0 spiro atoms. The molecule has 0 saturated carbocycles. The van der Waals surface area contributed by atoms with Gasteiger partial charge >= 0.3 is 6.01 Å². The molecule has 25 heavy (non-hydrogen) atoms. The second kappa shape index (κ2) is 7.96. The number of carbonyl (C=O) groups is 1. The van der Waals surface area contributed by atoms with Gasteiger partial charge in [0.25, 0.3) is 5.91 Å². The van der Waals surface area contributed by atoms with Crippen molar-refractivity contribution in [3.63, 3.8) is 0 Å². The number of benzene rings is 1. The average Bonchev–Trinajstić information content (AvgIpc) is 3.09. The number of amides is 1. The Balaban J connectivity index is 1.46. The number of hydrogen-bond acceptors (Lipinski definition) is 5. The van der Waals surface area contributed by atoms with Crippen LogP contribution in [0, 0.1) is 0 Å². The molecular weight excluding hydrogens is 318 g/mol. The minimum absolute atomic E-state index is 0.0342. The van der Waals surface area contributed by atoms with Crippen LogP contribution >= 0.6 is 0 Å². The summed E-state index contributed by atoms with van der Waals surface area (Å²) in [6.07, 6.45) is 3.97. The third kappa shape index (κ3) is 4.68. The molecule has 1 unspecified atom stereocenters. The van der Waals surface area contributed by atoms with Crippen molar-refractivity contribution in [1.29, 1.82) is 0 Å². The highest BCUT2D eigenvalue weighted by Gasteiger charge is 2.28.